The third kappa shape index (κ3) is 5.84. The Morgan fingerprint density at radius 1 is 1.07 bits per heavy atom. The van der Waals surface area contributed by atoms with Crippen molar-refractivity contribution < 1.29 is 13.9 Å². The zero-order chi connectivity index (χ0) is 20.1. The predicted molar refractivity (Wildman–Crippen MR) is 121 cm³/mol. The Labute approximate surface area is 179 Å². The van der Waals surface area contributed by atoms with Gasteiger partial charge in [-0.25, -0.2) is 0 Å². The van der Waals surface area contributed by atoms with Crippen LogP contribution in [0.2, 0.25) is 0 Å². The van der Waals surface area contributed by atoms with Crippen LogP contribution in [-0.4, -0.2) is 24.5 Å². The summed E-state index contributed by atoms with van der Waals surface area (Å²) in [7, 11) is 0. The summed E-state index contributed by atoms with van der Waals surface area (Å²) in [5.74, 6) is 1.50. The second kappa shape index (κ2) is 9.95. The fraction of sp³-hybridized carbons (Fsp3) is 0.375. The zero-order valence-electron chi connectivity index (χ0n) is 17.6. The number of aryl methyl sites for hydroxylation is 1. The van der Waals surface area contributed by atoms with Gasteiger partial charge in [0.1, 0.15) is 17.1 Å². The van der Waals surface area contributed by atoms with Crippen molar-refractivity contribution in [3.63, 3.8) is 0 Å². The summed E-state index contributed by atoms with van der Waals surface area (Å²) in [4.78, 5) is 13.1. The van der Waals surface area contributed by atoms with Crippen LogP contribution >= 0.6 is 12.4 Å². The van der Waals surface area contributed by atoms with Crippen molar-refractivity contribution in [2.24, 2.45) is 0 Å². The van der Waals surface area contributed by atoms with Gasteiger partial charge in [0.2, 0.25) is 0 Å². The maximum Gasteiger partial charge on any atom is 0.197 e. The molecule has 1 heterocycles. The Hall–Kier alpha value is -2.30. The number of ketones is 1. The van der Waals surface area contributed by atoms with E-state index < -0.39 is 0 Å². The van der Waals surface area contributed by atoms with Gasteiger partial charge in [0.25, 0.3) is 0 Å². The number of rotatable bonds is 8. The van der Waals surface area contributed by atoms with Gasteiger partial charge < -0.3 is 14.5 Å². The molecule has 0 aliphatic carbocycles. The standard InChI is InChI=1S/C24H29NO3.ClH/c1-5-20-22(19-9-6-7-10-21(19)28-20)23(26)17-11-13-18(14-12-17)27-16-8-15-25-24(2,3)4;/h6-7,9-14,25H,5,8,15-16H2,1-4H3;1H. The molecule has 0 bridgehead atoms. The number of halogens is 1. The van der Waals surface area contributed by atoms with Gasteiger partial charge in [-0.15, -0.1) is 12.4 Å². The summed E-state index contributed by atoms with van der Waals surface area (Å²) in [5, 5.41) is 4.31. The molecular weight excluding hydrogens is 386 g/mol. The SMILES string of the molecule is CCc1oc2ccccc2c1C(=O)c1ccc(OCCCNC(C)(C)C)cc1.Cl. The van der Waals surface area contributed by atoms with Crippen LogP contribution in [-0.2, 0) is 6.42 Å². The van der Waals surface area contributed by atoms with Gasteiger partial charge in [0, 0.05) is 22.9 Å². The molecule has 4 nitrogen and oxygen atoms in total. The van der Waals surface area contributed by atoms with E-state index in [1.54, 1.807) is 0 Å². The molecule has 29 heavy (non-hydrogen) atoms. The molecule has 0 atom stereocenters. The average molecular weight is 416 g/mol. The highest BCUT2D eigenvalue weighted by Crippen LogP contribution is 2.29. The first-order valence-electron chi connectivity index (χ1n) is 9.92. The molecule has 2 aromatic carbocycles. The summed E-state index contributed by atoms with van der Waals surface area (Å²) in [5.41, 5.74) is 2.19. The molecule has 0 unspecified atom stereocenters. The second-order valence-corrected chi connectivity index (χ2v) is 7.98. The maximum atomic E-state index is 13.1. The van der Waals surface area contributed by atoms with Gasteiger partial charge in [0.15, 0.2) is 5.78 Å². The third-order valence-electron chi connectivity index (χ3n) is 4.58. The van der Waals surface area contributed by atoms with Crippen molar-refractivity contribution in [3.05, 3.63) is 65.4 Å². The lowest BCUT2D eigenvalue weighted by atomic mass is 9.99. The monoisotopic (exact) mass is 415 g/mol. The van der Waals surface area contributed by atoms with Crippen LogP contribution in [0, 0.1) is 0 Å². The van der Waals surface area contributed by atoms with Crippen LogP contribution in [0.5, 0.6) is 5.75 Å². The van der Waals surface area contributed by atoms with Crippen LogP contribution in [0.25, 0.3) is 11.0 Å². The number of hydrogen-bond donors (Lipinski definition) is 1. The first-order valence-corrected chi connectivity index (χ1v) is 9.92. The number of hydrogen-bond acceptors (Lipinski definition) is 4. The summed E-state index contributed by atoms with van der Waals surface area (Å²) in [6.45, 7) is 10.0. The highest BCUT2D eigenvalue weighted by Gasteiger charge is 2.20. The van der Waals surface area contributed by atoms with Gasteiger partial charge in [-0.05, 0) is 64.1 Å². The number of ether oxygens (including phenoxy) is 1. The minimum Gasteiger partial charge on any atom is -0.494 e. The fourth-order valence-corrected chi connectivity index (χ4v) is 3.17. The van der Waals surface area contributed by atoms with E-state index >= 15 is 0 Å². The number of fused-ring (bicyclic) bond motifs is 1. The summed E-state index contributed by atoms with van der Waals surface area (Å²) >= 11 is 0. The smallest absolute Gasteiger partial charge is 0.197 e. The van der Waals surface area contributed by atoms with E-state index in [2.05, 4.69) is 26.1 Å². The van der Waals surface area contributed by atoms with Crippen LogP contribution in [0.4, 0.5) is 0 Å². The Kier molecular flexibility index (Phi) is 7.88. The second-order valence-electron chi connectivity index (χ2n) is 7.98. The van der Waals surface area contributed by atoms with E-state index in [1.807, 2.05) is 55.5 Å². The van der Waals surface area contributed by atoms with Gasteiger partial charge in [-0.2, -0.15) is 0 Å². The number of benzene rings is 2. The van der Waals surface area contributed by atoms with Crippen LogP contribution < -0.4 is 10.1 Å². The normalized spacial score (nSPS) is 11.3. The van der Waals surface area contributed by atoms with E-state index in [4.69, 9.17) is 9.15 Å². The molecule has 0 fully saturated rings. The molecular formula is C24H30ClNO3. The molecule has 3 rings (SSSR count). The van der Waals surface area contributed by atoms with Crippen LogP contribution in [0.1, 0.15) is 55.8 Å². The molecule has 0 amide bonds. The number of para-hydroxylation sites is 1. The number of carbonyl (C=O) groups is 1. The van der Waals surface area contributed by atoms with E-state index in [0.29, 0.717) is 24.2 Å². The van der Waals surface area contributed by atoms with Crippen molar-refractivity contribution in [2.45, 2.75) is 46.1 Å². The maximum absolute atomic E-state index is 13.1. The lowest BCUT2D eigenvalue weighted by Gasteiger charge is -2.20. The Morgan fingerprint density at radius 3 is 2.41 bits per heavy atom. The van der Waals surface area contributed by atoms with Crippen molar-refractivity contribution >= 4 is 29.2 Å². The van der Waals surface area contributed by atoms with Gasteiger partial charge >= 0.3 is 0 Å². The van der Waals surface area contributed by atoms with Crippen molar-refractivity contribution in [2.75, 3.05) is 13.2 Å². The lowest BCUT2D eigenvalue weighted by molar-refractivity contribution is 0.103. The third-order valence-corrected chi connectivity index (χ3v) is 4.58. The molecule has 1 aromatic heterocycles. The highest BCUT2D eigenvalue weighted by atomic mass is 35.5. The quantitative estimate of drug-likeness (QED) is 0.373. The molecule has 3 aromatic rings. The molecule has 0 saturated carbocycles. The molecule has 1 N–H and O–H groups in total. The molecule has 5 heteroatoms. The summed E-state index contributed by atoms with van der Waals surface area (Å²) < 4.78 is 11.7. The molecule has 0 radical (unpaired) electrons. The molecule has 0 aliphatic rings. The Morgan fingerprint density at radius 2 is 1.76 bits per heavy atom. The summed E-state index contributed by atoms with van der Waals surface area (Å²) in [6, 6.07) is 15.1. The van der Waals surface area contributed by atoms with Gasteiger partial charge in [0.05, 0.1) is 12.2 Å². The molecule has 0 saturated heterocycles. The molecule has 0 aliphatic heterocycles. The molecule has 0 spiro atoms. The number of nitrogens with one attached hydrogen (secondary N) is 1. The van der Waals surface area contributed by atoms with Crippen molar-refractivity contribution in [1.82, 2.24) is 5.32 Å². The van der Waals surface area contributed by atoms with E-state index in [0.717, 1.165) is 35.4 Å². The number of furan rings is 1. The van der Waals surface area contributed by atoms with Crippen molar-refractivity contribution in [1.29, 1.82) is 0 Å². The first-order chi connectivity index (χ1) is 13.4. The topological polar surface area (TPSA) is 51.5 Å². The predicted octanol–water partition coefficient (Wildman–Crippen LogP) is 5.81. The van der Waals surface area contributed by atoms with Crippen LogP contribution in [0.15, 0.2) is 52.9 Å². The van der Waals surface area contributed by atoms with E-state index in [1.165, 1.54) is 0 Å². The minimum absolute atomic E-state index is 0. The fourth-order valence-electron chi connectivity index (χ4n) is 3.17. The lowest BCUT2D eigenvalue weighted by Crippen LogP contribution is -2.36. The minimum atomic E-state index is -0.0114. The van der Waals surface area contributed by atoms with Crippen LogP contribution in [0.3, 0.4) is 0 Å². The Bertz CT molecular complexity index is 939. The first kappa shape index (κ1) is 23.0. The zero-order valence-corrected chi connectivity index (χ0v) is 18.4. The van der Waals surface area contributed by atoms with E-state index in [9.17, 15) is 4.79 Å². The Balaban J connectivity index is 0.00000300. The van der Waals surface area contributed by atoms with Gasteiger partial charge in [-0.1, -0.05) is 25.1 Å². The van der Waals surface area contributed by atoms with Gasteiger partial charge in [-0.3, -0.25) is 4.79 Å². The average Bonchev–Trinajstić information content (AvgIpc) is 3.05. The van der Waals surface area contributed by atoms with Crippen molar-refractivity contribution in [3.8, 4) is 5.75 Å². The summed E-state index contributed by atoms with van der Waals surface area (Å²) in [6.07, 6.45) is 1.61. The highest BCUT2D eigenvalue weighted by molar-refractivity contribution is 6.16. The number of carbonyl (C=O) groups excluding carboxylic acids is 1. The molecule has 156 valence electrons. The van der Waals surface area contributed by atoms with E-state index in [-0.39, 0.29) is 23.7 Å². The largest absolute Gasteiger partial charge is 0.494 e.